The number of sulfone groups is 1. The van der Waals surface area contributed by atoms with Gasteiger partial charge >= 0.3 is 0 Å². The van der Waals surface area contributed by atoms with Crippen molar-refractivity contribution in [2.24, 2.45) is 4.99 Å². The maximum Gasteiger partial charge on any atom is 0.263 e. The van der Waals surface area contributed by atoms with Gasteiger partial charge < -0.3 is 14.0 Å². The number of methoxy groups -OCH3 is 2. The molecule has 0 saturated carbocycles. The number of aryl methyl sites for hydroxylation is 1. The summed E-state index contributed by atoms with van der Waals surface area (Å²) in [6.07, 6.45) is 0.823. The second kappa shape index (κ2) is 8.79. The standard InChI is InChI=1S/C20H22N2O5S2/c1-4-10-22-15-11-16(26-2)17(27-3)12-18(15)28-20(22)21-19(23)13-29(24,25)14-8-6-5-7-9-14/h5-9,11-12H,4,10,13H2,1-3H3. The lowest BCUT2D eigenvalue weighted by atomic mass is 10.3. The Kier molecular flexibility index (Phi) is 6.39. The minimum absolute atomic E-state index is 0.107. The molecule has 1 amide bonds. The van der Waals surface area contributed by atoms with Crippen molar-refractivity contribution in [1.29, 1.82) is 0 Å². The predicted molar refractivity (Wildman–Crippen MR) is 112 cm³/mol. The van der Waals surface area contributed by atoms with Crippen molar-refractivity contribution < 1.29 is 22.7 Å². The fourth-order valence-corrected chi connectivity index (χ4v) is 5.15. The van der Waals surface area contributed by atoms with Gasteiger partial charge in [0, 0.05) is 18.7 Å². The molecular formula is C20H22N2O5S2. The van der Waals surface area contributed by atoms with Gasteiger partial charge in [0.2, 0.25) is 0 Å². The molecule has 2 aromatic carbocycles. The van der Waals surface area contributed by atoms with Crippen molar-refractivity contribution in [3.05, 3.63) is 47.3 Å². The lowest BCUT2D eigenvalue weighted by Crippen LogP contribution is -2.21. The number of thiazole rings is 1. The summed E-state index contributed by atoms with van der Waals surface area (Å²) < 4.78 is 38.4. The zero-order valence-electron chi connectivity index (χ0n) is 16.4. The Morgan fingerprint density at radius 2 is 1.76 bits per heavy atom. The molecule has 0 aliphatic carbocycles. The summed E-state index contributed by atoms with van der Waals surface area (Å²) in [5, 5.41) is 0. The maximum absolute atomic E-state index is 12.5. The van der Waals surface area contributed by atoms with Crippen molar-refractivity contribution in [2.45, 2.75) is 24.8 Å². The van der Waals surface area contributed by atoms with E-state index in [4.69, 9.17) is 9.47 Å². The van der Waals surface area contributed by atoms with Gasteiger partial charge in [-0.3, -0.25) is 4.79 Å². The Bertz CT molecular complexity index is 1190. The van der Waals surface area contributed by atoms with Crippen LogP contribution in [0.15, 0.2) is 52.4 Å². The van der Waals surface area contributed by atoms with Crippen LogP contribution in [0.2, 0.25) is 0 Å². The SMILES string of the molecule is CCCn1c(=NC(=O)CS(=O)(=O)c2ccccc2)sc2cc(OC)c(OC)cc21. The number of aromatic nitrogens is 1. The second-order valence-corrected chi connectivity index (χ2v) is 9.29. The highest BCUT2D eigenvalue weighted by atomic mass is 32.2. The normalized spacial score (nSPS) is 12.3. The van der Waals surface area contributed by atoms with E-state index < -0.39 is 21.5 Å². The minimum Gasteiger partial charge on any atom is -0.493 e. The van der Waals surface area contributed by atoms with E-state index in [9.17, 15) is 13.2 Å². The molecule has 1 heterocycles. The molecule has 7 nitrogen and oxygen atoms in total. The van der Waals surface area contributed by atoms with Crippen LogP contribution in [0.25, 0.3) is 10.2 Å². The van der Waals surface area contributed by atoms with Crippen molar-refractivity contribution in [2.75, 3.05) is 20.0 Å². The number of ether oxygens (including phenoxy) is 2. The van der Waals surface area contributed by atoms with E-state index in [-0.39, 0.29) is 4.90 Å². The van der Waals surface area contributed by atoms with E-state index in [1.165, 1.54) is 23.5 Å². The number of carbonyl (C=O) groups excluding carboxylic acids is 1. The Morgan fingerprint density at radius 3 is 2.38 bits per heavy atom. The van der Waals surface area contributed by atoms with Gasteiger partial charge in [-0.1, -0.05) is 36.5 Å². The van der Waals surface area contributed by atoms with Crippen LogP contribution in [0.4, 0.5) is 0 Å². The molecule has 3 aromatic rings. The molecule has 0 aliphatic heterocycles. The zero-order chi connectivity index (χ0) is 21.0. The summed E-state index contributed by atoms with van der Waals surface area (Å²) in [4.78, 5) is 17.2. The van der Waals surface area contributed by atoms with E-state index in [0.717, 1.165) is 16.6 Å². The first-order chi connectivity index (χ1) is 13.9. The summed E-state index contributed by atoms with van der Waals surface area (Å²) in [7, 11) is -0.629. The van der Waals surface area contributed by atoms with Crippen LogP contribution in [0, 0.1) is 0 Å². The molecule has 0 fully saturated rings. The molecule has 29 heavy (non-hydrogen) atoms. The van der Waals surface area contributed by atoms with E-state index in [0.29, 0.717) is 22.8 Å². The number of benzene rings is 2. The monoisotopic (exact) mass is 434 g/mol. The van der Waals surface area contributed by atoms with Crippen LogP contribution >= 0.6 is 11.3 Å². The molecule has 3 rings (SSSR count). The molecule has 1 aromatic heterocycles. The highest BCUT2D eigenvalue weighted by molar-refractivity contribution is 7.92. The molecule has 154 valence electrons. The van der Waals surface area contributed by atoms with Crippen LogP contribution in [0.1, 0.15) is 13.3 Å². The first-order valence-electron chi connectivity index (χ1n) is 9.00. The van der Waals surface area contributed by atoms with Gasteiger partial charge in [0.15, 0.2) is 26.1 Å². The van der Waals surface area contributed by atoms with Gasteiger partial charge in [0.25, 0.3) is 5.91 Å². The molecular weight excluding hydrogens is 412 g/mol. The zero-order valence-corrected chi connectivity index (χ0v) is 18.0. The Balaban J connectivity index is 2.04. The van der Waals surface area contributed by atoms with E-state index in [1.807, 2.05) is 23.6 Å². The van der Waals surface area contributed by atoms with Gasteiger partial charge in [0.05, 0.1) is 29.3 Å². The molecule has 0 bridgehead atoms. The summed E-state index contributed by atoms with van der Waals surface area (Å²) >= 11 is 1.31. The Hall–Kier alpha value is -2.65. The number of rotatable bonds is 7. The third kappa shape index (κ3) is 4.51. The molecule has 0 atom stereocenters. The van der Waals surface area contributed by atoms with Crippen molar-refractivity contribution in [3.8, 4) is 11.5 Å². The van der Waals surface area contributed by atoms with Crippen molar-refractivity contribution >= 4 is 37.3 Å². The van der Waals surface area contributed by atoms with Gasteiger partial charge in [-0.05, 0) is 18.6 Å². The third-order valence-electron chi connectivity index (χ3n) is 4.27. The number of hydrogen-bond acceptors (Lipinski definition) is 6. The molecule has 0 aliphatic rings. The van der Waals surface area contributed by atoms with Crippen LogP contribution in [-0.4, -0.2) is 38.9 Å². The highest BCUT2D eigenvalue weighted by Gasteiger charge is 2.19. The molecule has 0 saturated heterocycles. The number of hydrogen-bond donors (Lipinski definition) is 0. The fraction of sp³-hybridized carbons (Fsp3) is 0.300. The first kappa shape index (κ1) is 21.1. The van der Waals surface area contributed by atoms with E-state index >= 15 is 0 Å². The molecule has 0 N–H and O–H groups in total. The van der Waals surface area contributed by atoms with E-state index in [2.05, 4.69) is 4.99 Å². The maximum atomic E-state index is 12.5. The lowest BCUT2D eigenvalue weighted by Gasteiger charge is -2.08. The summed E-state index contributed by atoms with van der Waals surface area (Å²) in [6.45, 7) is 2.65. The van der Waals surface area contributed by atoms with Crippen LogP contribution in [-0.2, 0) is 21.2 Å². The number of fused-ring (bicyclic) bond motifs is 1. The van der Waals surface area contributed by atoms with Crippen molar-refractivity contribution in [3.63, 3.8) is 0 Å². The summed E-state index contributed by atoms with van der Waals surface area (Å²) in [5.74, 6) is -0.227. The Morgan fingerprint density at radius 1 is 1.10 bits per heavy atom. The summed E-state index contributed by atoms with van der Waals surface area (Å²) in [6, 6.07) is 11.6. The van der Waals surface area contributed by atoms with Crippen molar-refractivity contribution in [1.82, 2.24) is 4.57 Å². The quantitative estimate of drug-likeness (QED) is 0.570. The lowest BCUT2D eigenvalue weighted by molar-refractivity contribution is -0.115. The molecule has 9 heteroatoms. The van der Waals surface area contributed by atoms with E-state index in [1.54, 1.807) is 32.4 Å². The van der Waals surface area contributed by atoms with Crippen LogP contribution in [0.3, 0.4) is 0 Å². The largest absolute Gasteiger partial charge is 0.493 e. The Labute approximate surface area is 173 Å². The first-order valence-corrected chi connectivity index (χ1v) is 11.5. The second-order valence-electron chi connectivity index (χ2n) is 6.29. The molecule has 0 spiro atoms. The van der Waals surface area contributed by atoms with Crippen LogP contribution < -0.4 is 14.3 Å². The highest BCUT2D eigenvalue weighted by Crippen LogP contribution is 2.33. The number of carbonyl (C=O) groups is 1. The number of nitrogens with zero attached hydrogens (tertiary/aromatic N) is 2. The summed E-state index contributed by atoms with van der Waals surface area (Å²) in [5.41, 5.74) is 0.854. The van der Waals surface area contributed by atoms with Gasteiger partial charge in [0.1, 0.15) is 5.75 Å². The number of amides is 1. The van der Waals surface area contributed by atoms with Crippen LogP contribution in [0.5, 0.6) is 11.5 Å². The van der Waals surface area contributed by atoms with Gasteiger partial charge in [-0.25, -0.2) is 8.42 Å². The average molecular weight is 435 g/mol. The van der Waals surface area contributed by atoms with Gasteiger partial charge in [-0.15, -0.1) is 0 Å². The molecule has 0 radical (unpaired) electrons. The smallest absolute Gasteiger partial charge is 0.263 e. The third-order valence-corrected chi connectivity index (χ3v) is 6.93. The predicted octanol–water partition coefficient (Wildman–Crippen LogP) is 3.03. The minimum atomic E-state index is -3.74. The molecule has 0 unspecified atom stereocenters. The van der Waals surface area contributed by atoms with Gasteiger partial charge in [-0.2, -0.15) is 4.99 Å². The fourth-order valence-electron chi connectivity index (χ4n) is 2.93. The topological polar surface area (TPSA) is 87.0 Å². The average Bonchev–Trinajstić information content (AvgIpc) is 3.03.